The van der Waals surface area contributed by atoms with E-state index in [4.69, 9.17) is 4.52 Å². The van der Waals surface area contributed by atoms with Gasteiger partial charge < -0.3 is 9.42 Å². The Kier molecular flexibility index (Phi) is 4.85. The molecule has 0 bridgehead atoms. The average Bonchev–Trinajstić information content (AvgIpc) is 3.18. The normalized spacial score (nSPS) is 17.0. The van der Waals surface area contributed by atoms with Gasteiger partial charge in [-0.2, -0.15) is 4.98 Å². The van der Waals surface area contributed by atoms with Crippen molar-refractivity contribution in [2.45, 2.75) is 18.8 Å². The molecule has 0 aliphatic carbocycles. The van der Waals surface area contributed by atoms with E-state index in [2.05, 4.69) is 10.1 Å². The summed E-state index contributed by atoms with van der Waals surface area (Å²) in [7, 11) is 0. The van der Waals surface area contributed by atoms with Crippen molar-refractivity contribution in [3.05, 3.63) is 71.4 Å². The molecule has 0 unspecified atom stereocenters. The predicted octanol–water partition coefficient (Wildman–Crippen LogP) is 4.17. The van der Waals surface area contributed by atoms with Crippen molar-refractivity contribution in [3.63, 3.8) is 0 Å². The summed E-state index contributed by atoms with van der Waals surface area (Å²) in [4.78, 5) is 18.5. The standard InChI is InChI=1S/C20H16F3N3O2/c21-14-5-3-12(4-6-14)18-24-19(28-25-18)13-2-1-9-26(11-13)20(27)16-8-7-15(22)10-17(16)23/h3-8,10,13H,1-2,9,11H2/t13-/m0/s1. The Morgan fingerprint density at radius 3 is 2.57 bits per heavy atom. The minimum atomic E-state index is -0.886. The van der Waals surface area contributed by atoms with Gasteiger partial charge in [0, 0.05) is 24.7 Å². The average molecular weight is 387 g/mol. The summed E-state index contributed by atoms with van der Waals surface area (Å²) in [6, 6.07) is 8.63. The molecule has 2 aromatic carbocycles. The van der Waals surface area contributed by atoms with Crippen LogP contribution in [0.3, 0.4) is 0 Å². The zero-order valence-electron chi connectivity index (χ0n) is 14.7. The van der Waals surface area contributed by atoms with Gasteiger partial charge >= 0.3 is 0 Å². The lowest BCUT2D eigenvalue weighted by atomic mass is 9.97. The van der Waals surface area contributed by atoms with Crippen LogP contribution in [0.2, 0.25) is 0 Å². The number of hydrogen-bond acceptors (Lipinski definition) is 4. The van der Waals surface area contributed by atoms with Gasteiger partial charge in [0.1, 0.15) is 17.5 Å². The molecule has 1 amide bonds. The SMILES string of the molecule is O=C(c1ccc(F)cc1F)N1CCC[C@H](c2nc(-c3ccc(F)cc3)no2)C1. The maximum absolute atomic E-state index is 13.9. The lowest BCUT2D eigenvalue weighted by molar-refractivity contribution is 0.0691. The zero-order valence-corrected chi connectivity index (χ0v) is 14.7. The molecule has 0 spiro atoms. The lowest BCUT2D eigenvalue weighted by Gasteiger charge is -2.31. The largest absolute Gasteiger partial charge is 0.339 e. The zero-order chi connectivity index (χ0) is 19.7. The highest BCUT2D eigenvalue weighted by molar-refractivity contribution is 5.94. The van der Waals surface area contributed by atoms with Gasteiger partial charge in [0.15, 0.2) is 0 Å². The molecule has 0 N–H and O–H groups in total. The molecule has 8 heteroatoms. The third-order valence-corrected chi connectivity index (χ3v) is 4.76. The summed E-state index contributed by atoms with van der Waals surface area (Å²) < 4.78 is 45.4. The number of carbonyl (C=O) groups excluding carboxylic acids is 1. The smallest absolute Gasteiger partial charge is 0.256 e. The number of piperidine rings is 1. The maximum atomic E-state index is 13.9. The van der Waals surface area contributed by atoms with E-state index >= 15 is 0 Å². The number of likely N-dealkylation sites (tertiary alicyclic amines) is 1. The summed E-state index contributed by atoms with van der Waals surface area (Å²) >= 11 is 0. The molecule has 1 saturated heterocycles. The minimum absolute atomic E-state index is 0.167. The fraction of sp³-hybridized carbons (Fsp3) is 0.250. The highest BCUT2D eigenvalue weighted by atomic mass is 19.1. The number of aromatic nitrogens is 2. The van der Waals surface area contributed by atoms with Crippen LogP contribution in [0, 0.1) is 17.5 Å². The van der Waals surface area contributed by atoms with Gasteiger partial charge in [-0.15, -0.1) is 0 Å². The van der Waals surface area contributed by atoms with E-state index in [0.717, 1.165) is 18.6 Å². The Labute approximate surface area is 158 Å². The molecule has 2 heterocycles. The second kappa shape index (κ2) is 7.46. The summed E-state index contributed by atoms with van der Waals surface area (Å²) in [6.07, 6.45) is 1.42. The first kappa shape index (κ1) is 18.2. The molecule has 1 aliphatic rings. The molecule has 1 atom stereocenters. The van der Waals surface area contributed by atoms with Crippen LogP contribution in [0.5, 0.6) is 0 Å². The van der Waals surface area contributed by atoms with Crippen LogP contribution in [-0.2, 0) is 0 Å². The van der Waals surface area contributed by atoms with E-state index in [0.29, 0.717) is 42.9 Å². The number of carbonyl (C=O) groups is 1. The summed E-state index contributed by atoms with van der Waals surface area (Å²) in [6.45, 7) is 0.756. The molecule has 5 nitrogen and oxygen atoms in total. The van der Waals surface area contributed by atoms with Gasteiger partial charge in [-0.3, -0.25) is 4.79 Å². The number of halogens is 3. The molecule has 144 valence electrons. The molecular weight excluding hydrogens is 371 g/mol. The molecule has 1 aliphatic heterocycles. The summed E-state index contributed by atoms with van der Waals surface area (Å²) in [5.74, 6) is -1.96. The number of benzene rings is 2. The Morgan fingerprint density at radius 2 is 1.82 bits per heavy atom. The quantitative estimate of drug-likeness (QED) is 0.677. The highest BCUT2D eigenvalue weighted by Gasteiger charge is 2.30. The van der Waals surface area contributed by atoms with Crippen LogP contribution in [0.4, 0.5) is 13.2 Å². The second-order valence-electron chi connectivity index (χ2n) is 6.68. The lowest BCUT2D eigenvalue weighted by Crippen LogP contribution is -2.39. The number of amides is 1. The number of hydrogen-bond donors (Lipinski definition) is 0. The van der Waals surface area contributed by atoms with E-state index in [9.17, 15) is 18.0 Å². The van der Waals surface area contributed by atoms with Gasteiger partial charge in [0.2, 0.25) is 11.7 Å². The minimum Gasteiger partial charge on any atom is -0.339 e. The predicted molar refractivity (Wildman–Crippen MR) is 93.9 cm³/mol. The van der Waals surface area contributed by atoms with Crippen molar-refractivity contribution in [1.29, 1.82) is 0 Å². The topological polar surface area (TPSA) is 59.2 Å². The van der Waals surface area contributed by atoms with Crippen LogP contribution < -0.4 is 0 Å². The van der Waals surface area contributed by atoms with Gasteiger partial charge in [-0.25, -0.2) is 13.2 Å². The van der Waals surface area contributed by atoms with E-state index in [1.54, 1.807) is 12.1 Å². The second-order valence-corrected chi connectivity index (χ2v) is 6.68. The van der Waals surface area contributed by atoms with Crippen molar-refractivity contribution in [1.82, 2.24) is 15.0 Å². The van der Waals surface area contributed by atoms with Crippen molar-refractivity contribution < 1.29 is 22.5 Å². The molecule has 28 heavy (non-hydrogen) atoms. The van der Waals surface area contributed by atoms with Crippen molar-refractivity contribution in [2.24, 2.45) is 0 Å². The summed E-state index contributed by atoms with van der Waals surface area (Å²) in [5.41, 5.74) is 0.452. The van der Waals surface area contributed by atoms with Gasteiger partial charge in [-0.1, -0.05) is 5.16 Å². The molecular formula is C20H16F3N3O2. The van der Waals surface area contributed by atoms with Crippen LogP contribution in [-0.4, -0.2) is 34.0 Å². The van der Waals surface area contributed by atoms with Gasteiger partial charge in [-0.05, 0) is 49.2 Å². The van der Waals surface area contributed by atoms with Crippen LogP contribution in [0.15, 0.2) is 47.0 Å². The third kappa shape index (κ3) is 3.62. The first-order chi connectivity index (χ1) is 13.5. The van der Waals surface area contributed by atoms with Crippen molar-refractivity contribution in [2.75, 3.05) is 13.1 Å². The van der Waals surface area contributed by atoms with Gasteiger partial charge in [0.25, 0.3) is 5.91 Å². The summed E-state index contributed by atoms with van der Waals surface area (Å²) in [5, 5.41) is 3.93. The van der Waals surface area contributed by atoms with E-state index in [1.165, 1.54) is 17.0 Å². The molecule has 4 rings (SSSR count). The van der Waals surface area contributed by atoms with Crippen molar-refractivity contribution >= 4 is 5.91 Å². The van der Waals surface area contributed by atoms with E-state index < -0.39 is 17.5 Å². The molecule has 0 radical (unpaired) electrons. The van der Waals surface area contributed by atoms with Crippen LogP contribution in [0.25, 0.3) is 11.4 Å². The monoisotopic (exact) mass is 387 g/mol. The Balaban J connectivity index is 1.51. The molecule has 1 aromatic heterocycles. The first-order valence-corrected chi connectivity index (χ1v) is 8.85. The highest BCUT2D eigenvalue weighted by Crippen LogP contribution is 2.28. The van der Waals surface area contributed by atoms with Gasteiger partial charge in [0.05, 0.1) is 11.5 Å². The Morgan fingerprint density at radius 1 is 1.07 bits per heavy atom. The molecule has 1 fully saturated rings. The van der Waals surface area contributed by atoms with Crippen LogP contribution in [0.1, 0.15) is 35.0 Å². The fourth-order valence-electron chi connectivity index (χ4n) is 3.31. The number of rotatable bonds is 3. The van der Waals surface area contributed by atoms with Crippen LogP contribution >= 0.6 is 0 Å². The van der Waals surface area contributed by atoms with E-state index in [1.807, 2.05) is 0 Å². The maximum Gasteiger partial charge on any atom is 0.256 e. The number of nitrogens with zero attached hydrogens (tertiary/aromatic N) is 3. The van der Waals surface area contributed by atoms with E-state index in [-0.39, 0.29) is 17.3 Å². The van der Waals surface area contributed by atoms with Crippen molar-refractivity contribution in [3.8, 4) is 11.4 Å². The Hall–Kier alpha value is -3.16. The first-order valence-electron chi connectivity index (χ1n) is 8.85. The molecule has 3 aromatic rings. The third-order valence-electron chi connectivity index (χ3n) is 4.76. The molecule has 0 saturated carbocycles. The Bertz CT molecular complexity index is 1000. The fourth-order valence-corrected chi connectivity index (χ4v) is 3.31.